The van der Waals surface area contributed by atoms with Crippen molar-refractivity contribution in [2.45, 2.75) is 38.1 Å². The topological polar surface area (TPSA) is 82.1 Å². The zero-order valence-electron chi connectivity index (χ0n) is 17.7. The van der Waals surface area contributed by atoms with E-state index >= 15 is 0 Å². The Bertz CT molecular complexity index is 1050. The number of phenolic OH excluding ortho intramolecular Hbond substituents is 1. The minimum absolute atomic E-state index is 0.0711. The average Bonchev–Trinajstić information content (AvgIpc) is 2.79. The van der Waals surface area contributed by atoms with E-state index in [0.29, 0.717) is 30.0 Å². The number of hydrogen-bond acceptors (Lipinski definition) is 5. The first-order valence-corrected chi connectivity index (χ1v) is 10.9. The van der Waals surface area contributed by atoms with Crippen LogP contribution in [0.25, 0.3) is 0 Å². The van der Waals surface area contributed by atoms with Gasteiger partial charge in [-0.05, 0) is 49.4 Å². The molecule has 2 aromatic carbocycles. The monoisotopic (exact) mass is 421 g/mol. The molecule has 2 aromatic rings. The van der Waals surface area contributed by atoms with Gasteiger partial charge in [0.15, 0.2) is 0 Å². The number of nitrogens with one attached hydrogen (secondary N) is 1. The normalized spacial score (nSPS) is 18.2. The number of likely N-dealkylation sites (tertiary alicyclic amines) is 1. The third-order valence-corrected chi connectivity index (χ3v) is 6.60. The van der Waals surface area contributed by atoms with E-state index in [0.717, 1.165) is 50.0 Å². The number of aromatic hydroxyl groups is 1. The number of hydrogen-bond donors (Lipinski definition) is 2. The van der Waals surface area contributed by atoms with Crippen molar-refractivity contribution in [2.24, 2.45) is 0 Å². The summed E-state index contributed by atoms with van der Waals surface area (Å²) in [5, 5.41) is 14.2. The molecule has 2 N–H and O–H groups in total. The summed E-state index contributed by atoms with van der Waals surface area (Å²) in [6, 6.07) is 8.22. The lowest BCUT2D eigenvalue weighted by molar-refractivity contribution is -0.147. The fourth-order valence-corrected chi connectivity index (χ4v) is 5.04. The summed E-state index contributed by atoms with van der Waals surface area (Å²) >= 11 is 0. The van der Waals surface area contributed by atoms with Crippen LogP contribution in [0.1, 0.15) is 42.0 Å². The fourth-order valence-electron chi connectivity index (χ4n) is 5.04. The van der Waals surface area contributed by atoms with Crippen molar-refractivity contribution in [3.63, 3.8) is 0 Å². The Morgan fingerprint density at radius 2 is 1.94 bits per heavy atom. The Kier molecular flexibility index (Phi) is 4.96. The molecule has 0 saturated carbocycles. The molecule has 0 radical (unpaired) electrons. The predicted octanol–water partition coefficient (Wildman–Crippen LogP) is 3.01. The highest BCUT2D eigenvalue weighted by Gasteiger charge is 2.40. The van der Waals surface area contributed by atoms with Gasteiger partial charge in [-0.2, -0.15) is 0 Å². The van der Waals surface area contributed by atoms with Crippen LogP contribution in [-0.2, 0) is 22.4 Å². The van der Waals surface area contributed by atoms with Crippen molar-refractivity contribution >= 4 is 23.2 Å². The van der Waals surface area contributed by atoms with Gasteiger partial charge in [0.1, 0.15) is 17.5 Å². The summed E-state index contributed by atoms with van der Waals surface area (Å²) in [6.45, 7) is 2.51. The number of amides is 2. The summed E-state index contributed by atoms with van der Waals surface area (Å²) in [5.74, 6) is 0.400. The maximum absolute atomic E-state index is 13.4. The fraction of sp³-hybridized carbons (Fsp3) is 0.417. The summed E-state index contributed by atoms with van der Waals surface area (Å²) < 4.78 is 5.25. The number of rotatable bonds is 5. The standard InChI is InChI=1S/C24H27N3O4/c1-31-17-7-2-6-16(14-17)25-24(30)22(27-12-9-20(27)28)19-13-15-5-3-10-26-11-4-8-18(21(15)26)23(19)29/h2,6-7,13-14,22,29H,3-5,8-12H2,1H3,(H,25,30)/t22-/m1/s1. The molecule has 0 spiro atoms. The number of benzene rings is 2. The third-order valence-electron chi connectivity index (χ3n) is 6.60. The molecule has 3 heterocycles. The molecule has 1 atom stereocenters. The quantitative estimate of drug-likeness (QED) is 0.726. The first kappa shape index (κ1) is 19.7. The Hall–Kier alpha value is -3.22. The molecule has 1 saturated heterocycles. The average molecular weight is 421 g/mol. The van der Waals surface area contributed by atoms with Crippen molar-refractivity contribution in [3.05, 3.63) is 47.0 Å². The zero-order valence-corrected chi connectivity index (χ0v) is 17.7. The van der Waals surface area contributed by atoms with Crippen LogP contribution in [0.3, 0.4) is 0 Å². The SMILES string of the molecule is COc1cccc(NC(=O)[C@@H](c2cc3c4c(c2O)CCCN4CCC3)N2CCC2=O)c1. The minimum Gasteiger partial charge on any atom is -0.507 e. The van der Waals surface area contributed by atoms with Crippen LogP contribution in [0.2, 0.25) is 0 Å². The number of nitrogens with zero attached hydrogens (tertiary/aromatic N) is 2. The van der Waals surface area contributed by atoms with Crippen LogP contribution >= 0.6 is 0 Å². The second kappa shape index (κ2) is 7.80. The van der Waals surface area contributed by atoms with Gasteiger partial charge in [0.25, 0.3) is 5.91 Å². The molecule has 0 aromatic heterocycles. The number of anilines is 2. The van der Waals surface area contributed by atoms with E-state index in [-0.39, 0.29) is 17.6 Å². The molecule has 7 heteroatoms. The Balaban J connectivity index is 1.55. The van der Waals surface area contributed by atoms with E-state index in [1.165, 1.54) is 5.56 Å². The van der Waals surface area contributed by atoms with Crippen molar-refractivity contribution in [1.82, 2.24) is 4.90 Å². The second-order valence-corrected chi connectivity index (χ2v) is 8.46. The summed E-state index contributed by atoms with van der Waals surface area (Å²) in [7, 11) is 1.57. The van der Waals surface area contributed by atoms with Crippen LogP contribution in [-0.4, -0.2) is 48.6 Å². The van der Waals surface area contributed by atoms with Gasteiger partial charge < -0.3 is 25.0 Å². The number of β-lactam (4-membered cyclic amide) rings is 1. The molecule has 31 heavy (non-hydrogen) atoms. The van der Waals surface area contributed by atoms with Crippen LogP contribution in [0.15, 0.2) is 30.3 Å². The van der Waals surface area contributed by atoms with Gasteiger partial charge in [-0.1, -0.05) is 6.07 Å². The van der Waals surface area contributed by atoms with E-state index in [4.69, 9.17) is 4.74 Å². The highest BCUT2D eigenvalue weighted by atomic mass is 16.5. The smallest absolute Gasteiger partial charge is 0.251 e. The Morgan fingerprint density at radius 1 is 1.13 bits per heavy atom. The maximum Gasteiger partial charge on any atom is 0.251 e. The van der Waals surface area contributed by atoms with E-state index < -0.39 is 6.04 Å². The Labute approximate surface area is 181 Å². The first-order chi connectivity index (χ1) is 15.1. The number of ether oxygens (including phenoxy) is 1. The van der Waals surface area contributed by atoms with E-state index in [1.54, 1.807) is 36.3 Å². The van der Waals surface area contributed by atoms with E-state index in [9.17, 15) is 14.7 Å². The molecule has 7 nitrogen and oxygen atoms in total. The van der Waals surface area contributed by atoms with Gasteiger partial charge in [0.2, 0.25) is 5.91 Å². The molecular formula is C24H27N3O4. The lowest BCUT2D eigenvalue weighted by atomic mass is 9.86. The van der Waals surface area contributed by atoms with Crippen LogP contribution in [0.4, 0.5) is 11.4 Å². The minimum atomic E-state index is -0.855. The van der Waals surface area contributed by atoms with Gasteiger partial charge >= 0.3 is 0 Å². The summed E-state index contributed by atoms with van der Waals surface area (Å²) in [4.78, 5) is 29.7. The van der Waals surface area contributed by atoms with Crippen molar-refractivity contribution in [2.75, 3.05) is 37.0 Å². The molecule has 3 aliphatic rings. The van der Waals surface area contributed by atoms with Gasteiger partial charge in [0, 0.05) is 54.6 Å². The van der Waals surface area contributed by atoms with E-state index in [2.05, 4.69) is 10.2 Å². The van der Waals surface area contributed by atoms with Gasteiger partial charge in [-0.15, -0.1) is 0 Å². The molecule has 5 rings (SSSR count). The van der Waals surface area contributed by atoms with E-state index in [1.807, 2.05) is 6.07 Å². The third kappa shape index (κ3) is 3.38. The number of aryl methyl sites for hydroxylation is 1. The number of carbonyl (C=O) groups excluding carboxylic acids is 2. The molecule has 2 amide bonds. The van der Waals surface area contributed by atoms with Crippen LogP contribution in [0, 0.1) is 0 Å². The highest BCUT2D eigenvalue weighted by Crippen LogP contribution is 2.45. The first-order valence-electron chi connectivity index (χ1n) is 10.9. The molecule has 0 aliphatic carbocycles. The van der Waals surface area contributed by atoms with Crippen molar-refractivity contribution in [3.8, 4) is 11.5 Å². The zero-order chi connectivity index (χ0) is 21.5. The predicted molar refractivity (Wildman–Crippen MR) is 118 cm³/mol. The number of carbonyl (C=O) groups is 2. The molecular weight excluding hydrogens is 394 g/mol. The highest BCUT2D eigenvalue weighted by molar-refractivity contribution is 5.99. The summed E-state index contributed by atoms with van der Waals surface area (Å²) in [6.07, 6.45) is 4.17. The largest absolute Gasteiger partial charge is 0.507 e. The molecule has 1 fully saturated rings. The molecule has 0 bridgehead atoms. The Morgan fingerprint density at radius 3 is 2.65 bits per heavy atom. The second-order valence-electron chi connectivity index (χ2n) is 8.46. The molecule has 3 aliphatic heterocycles. The lowest BCUT2D eigenvalue weighted by Gasteiger charge is -2.41. The number of phenols is 1. The van der Waals surface area contributed by atoms with Crippen molar-refractivity contribution < 1.29 is 19.4 Å². The van der Waals surface area contributed by atoms with Crippen molar-refractivity contribution in [1.29, 1.82) is 0 Å². The molecule has 0 unspecified atom stereocenters. The van der Waals surface area contributed by atoms with Gasteiger partial charge in [-0.3, -0.25) is 9.59 Å². The van der Waals surface area contributed by atoms with Crippen LogP contribution in [0.5, 0.6) is 11.5 Å². The van der Waals surface area contributed by atoms with Gasteiger partial charge in [-0.25, -0.2) is 0 Å². The summed E-state index contributed by atoms with van der Waals surface area (Å²) in [5.41, 5.74) is 4.35. The van der Waals surface area contributed by atoms with Gasteiger partial charge in [0.05, 0.1) is 7.11 Å². The number of methoxy groups -OCH3 is 1. The molecule has 162 valence electrons. The maximum atomic E-state index is 13.4. The lowest BCUT2D eigenvalue weighted by Crippen LogP contribution is -2.49. The van der Waals surface area contributed by atoms with Crippen LogP contribution < -0.4 is 15.0 Å².